The highest BCUT2D eigenvalue weighted by atomic mass is 16.6. The number of benzene rings is 1. The Morgan fingerprint density at radius 1 is 0.839 bits per heavy atom. The predicted molar refractivity (Wildman–Crippen MR) is 126 cm³/mol. The van der Waals surface area contributed by atoms with E-state index in [9.17, 15) is 9.59 Å². The Bertz CT molecular complexity index is 588. The zero-order valence-electron chi connectivity index (χ0n) is 19.9. The Morgan fingerprint density at radius 2 is 1.42 bits per heavy atom. The summed E-state index contributed by atoms with van der Waals surface area (Å²) < 4.78 is 10.7. The van der Waals surface area contributed by atoms with E-state index in [-0.39, 0.29) is 18.5 Å². The van der Waals surface area contributed by atoms with Crippen LogP contribution in [0.4, 0.5) is 4.79 Å². The molecule has 0 aliphatic rings. The lowest BCUT2D eigenvalue weighted by atomic mass is 10.0. The highest BCUT2D eigenvalue weighted by Crippen LogP contribution is 2.11. The fourth-order valence-electron chi connectivity index (χ4n) is 3.46. The number of carbonyl (C=O) groups is 2. The van der Waals surface area contributed by atoms with Crippen LogP contribution in [0.1, 0.15) is 97.0 Å². The number of nitrogens with one attached hydrogen (secondary N) is 1. The van der Waals surface area contributed by atoms with Gasteiger partial charge in [0.25, 0.3) is 0 Å². The lowest BCUT2D eigenvalue weighted by molar-refractivity contribution is -0.146. The van der Waals surface area contributed by atoms with Gasteiger partial charge in [0.15, 0.2) is 0 Å². The third kappa shape index (κ3) is 14.6. The Labute approximate surface area is 189 Å². The summed E-state index contributed by atoms with van der Waals surface area (Å²) in [6, 6.07) is 8.80. The number of carbonyl (C=O) groups excluding carboxylic acids is 2. The summed E-state index contributed by atoms with van der Waals surface area (Å²) in [6.07, 6.45) is 12.3. The fourth-order valence-corrected chi connectivity index (χ4v) is 3.46. The van der Waals surface area contributed by atoms with Crippen LogP contribution in [-0.4, -0.2) is 24.7 Å². The molecule has 0 aliphatic carbocycles. The summed E-state index contributed by atoms with van der Waals surface area (Å²) in [5.74, 6) is -0.120. The summed E-state index contributed by atoms with van der Waals surface area (Å²) in [4.78, 5) is 24.6. The van der Waals surface area contributed by atoms with Crippen molar-refractivity contribution in [3.63, 3.8) is 0 Å². The Morgan fingerprint density at radius 3 is 2.00 bits per heavy atom. The largest absolute Gasteiger partial charge is 0.464 e. The maximum Gasteiger partial charge on any atom is 0.408 e. The molecule has 0 heterocycles. The maximum absolute atomic E-state index is 12.5. The van der Waals surface area contributed by atoms with Crippen molar-refractivity contribution < 1.29 is 19.1 Å². The van der Waals surface area contributed by atoms with E-state index in [2.05, 4.69) is 12.2 Å². The van der Waals surface area contributed by atoms with Crippen LogP contribution in [0.15, 0.2) is 30.3 Å². The van der Waals surface area contributed by atoms with Gasteiger partial charge in [-0.3, -0.25) is 0 Å². The van der Waals surface area contributed by atoms with Gasteiger partial charge in [-0.1, -0.05) is 109 Å². The lowest BCUT2D eigenvalue weighted by Gasteiger charge is -2.19. The maximum atomic E-state index is 12.5. The molecule has 5 heteroatoms. The minimum atomic E-state index is -0.675. The van der Waals surface area contributed by atoms with Gasteiger partial charge in [0.1, 0.15) is 12.6 Å². The van der Waals surface area contributed by atoms with E-state index < -0.39 is 12.1 Å². The predicted octanol–water partition coefficient (Wildman–Crippen LogP) is 6.79. The number of hydrogen-bond acceptors (Lipinski definition) is 4. The average molecular weight is 434 g/mol. The summed E-state index contributed by atoms with van der Waals surface area (Å²) >= 11 is 0. The summed E-state index contributed by atoms with van der Waals surface area (Å²) in [7, 11) is 0. The van der Waals surface area contributed by atoms with Crippen molar-refractivity contribution in [2.75, 3.05) is 6.61 Å². The minimum Gasteiger partial charge on any atom is -0.464 e. The molecular formula is C26H43NO4. The van der Waals surface area contributed by atoms with Gasteiger partial charge in [0.2, 0.25) is 0 Å². The summed E-state index contributed by atoms with van der Waals surface area (Å²) in [5, 5.41) is 2.67. The second-order valence-electron chi connectivity index (χ2n) is 8.74. The first kappa shape index (κ1) is 27.0. The van der Waals surface area contributed by atoms with Crippen molar-refractivity contribution in [3.8, 4) is 0 Å². The van der Waals surface area contributed by atoms with Gasteiger partial charge in [0.05, 0.1) is 6.61 Å². The van der Waals surface area contributed by atoms with Crippen LogP contribution in [0.5, 0.6) is 0 Å². The number of ether oxygens (including phenoxy) is 2. The summed E-state index contributed by atoms with van der Waals surface area (Å²) in [6.45, 7) is 6.85. The summed E-state index contributed by atoms with van der Waals surface area (Å²) in [5.41, 5.74) is 0.904. The van der Waals surface area contributed by atoms with E-state index in [1.54, 1.807) is 0 Å². The minimum absolute atomic E-state index is 0.175. The molecule has 1 aromatic carbocycles. The number of unbranched alkanes of at least 4 members (excludes halogenated alkanes) is 9. The Hall–Kier alpha value is -2.04. The van der Waals surface area contributed by atoms with Crippen LogP contribution in [0.2, 0.25) is 0 Å². The molecule has 0 aromatic heterocycles. The van der Waals surface area contributed by atoms with Crippen molar-refractivity contribution in [1.82, 2.24) is 5.32 Å². The van der Waals surface area contributed by atoms with E-state index in [4.69, 9.17) is 9.47 Å². The van der Waals surface area contributed by atoms with Crippen molar-refractivity contribution in [3.05, 3.63) is 35.9 Å². The molecule has 1 rings (SSSR count). The van der Waals surface area contributed by atoms with Crippen LogP contribution in [0.3, 0.4) is 0 Å². The van der Waals surface area contributed by atoms with E-state index in [0.29, 0.717) is 13.0 Å². The van der Waals surface area contributed by atoms with Gasteiger partial charge >= 0.3 is 12.1 Å². The van der Waals surface area contributed by atoms with E-state index in [0.717, 1.165) is 18.4 Å². The second-order valence-corrected chi connectivity index (χ2v) is 8.74. The molecule has 0 saturated carbocycles. The lowest BCUT2D eigenvalue weighted by Crippen LogP contribution is -2.43. The molecule has 0 radical (unpaired) electrons. The monoisotopic (exact) mass is 433 g/mol. The van der Waals surface area contributed by atoms with Crippen LogP contribution in [0, 0.1) is 5.92 Å². The topological polar surface area (TPSA) is 64.6 Å². The van der Waals surface area contributed by atoms with Crippen molar-refractivity contribution >= 4 is 12.1 Å². The molecule has 1 amide bonds. The number of amides is 1. The number of esters is 1. The molecule has 0 bridgehead atoms. The van der Waals surface area contributed by atoms with E-state index >= 15 is 0 Å². The fraction of sp³-hybridized carbons (Fsp3) is 0.692. The van der Waals surface area contributed by atoms with Crippen LogP contribution < -0.4 is 5.32 Å². The second kappa shape index (κ2) is 17.6. The average Bonchev–Trinajstić information content (AvgIpc) is 2.76. The molecule has 1 aromatic rings. The molecule has 5 nitrogen and oxygen atoms in total. The van der Waals surface area contributed by atoms with Gasteiger partial charge in [-0.2, -0.15) is 0 Å². The molecule has 1 unspecified atom stereocenters. The zero-order chi connectivity index (χ0) is 22.7. The number of hydrogen-bond donors (Lipinski definition) is 1. The SMILES string of the molecule is CCCCCCCCCCCCOC(=O)C(CC(C)C)NC(=O)OCc1ccccc1. The van der Waals surface area contributed by atoms with Gasteiger partial charge in [-0.25, -0.2) is 9.59 Å². The first-order valence-electron chi connectivity index (χ1n) is 12.2. The molecule has 1 atom stereocenters. The van der Waals surface area contributed by atoms with Crippen LogP contribution in [-0.2, 0) is 20.9 Å². The van der Waals surface area contributed by atoms with Gasteiger partial charge in [0, 0.05) is 0 Å². The molecule has 0 aliphatic heterocycles. The van der Waals surface area contributed by atoms with Crippen molar-refractivity contribution in [2.24, 2.45) is 5.92 Å². The molecule has 0 saturated heterocycles. The third-order valence-electron chi connectivity index (χ3n) is 5.24. The van der Waals surface area contributed by atoms with Crippen LogP contribution >= 0.6 is 0 Å². The number of rotatable bonds is 17. The van der Waals surface area contributed by atoms with Gasteiger partial charge in [-0.05, 0) is 24.3 Å². The number of alkyl carbamates (subject to hydrolysis) is 1. The van der Waals surface area contributed by atoms with Gasteiger partial charge < -0.3 is 14.8 Å². The highest BCUT2D eigenvalue weighted by molar-refractivity contribution is 5.81. The molecule has 0 fully saturated rings. The standard InChI is InChI=1S/C26H43NO4/c1-4-5-6-7-8-9-10-11-12-16-19-30-25(28)24(20-22(2)3)27-26(29)31-21-23-17-14-13-15-18-23/h13-15,17-18,22,24H,4-12,16,19-21H2,1-3H3,(H,27,29). The zero-order valence-corrected chi connectivity index (χ0v) is 19.9. The molecule has 1 N–H and O–H groups in total. The Kier molecular flexibility index (Phi) is 15.3. The van der Waals surface area contributed by atoms with E-state index in [1.165, 1.54) is 51.4 Å². The Balaban J connectivity index is 2.20. The molecular weight excluding hydrogens is 390 g/mol. The van der Waals surface area contributed by atoms with Crippen molar-refractivity contribution in [2.45, 2.75) is 104 Å². The quantitative estimate of drug-likeness (QED) is 0.217. The van der Waals surface area contributed by atoms with Crippen molar-refractivity contribution in [1.29, 1.82) is 0 Å². The normalized spacial score (nSPS) is 11.9. The molecule has 0 spiro atoms. The molecule has 31 heavy (non-hydrogen) atoms. The highest BCUT2D eigenvalue weighted by Gasteiger charge is 2.24. The first-order chi connectivity index (χ1) is 15.0. The van der Waals surface area contributed by atoms with Crippen LogP contribution in [0.25, 0.3) is 0 Å². The first-order valence-corrected chi connectivity index (χ1v) is 12.2. The van der Waals surface area contributed by atoms with E-state index in [1.807, 2.05) is 44.2 Å². The molecule has 176 valence electrons. The van der Waals surface area contributed by atoms with Gasteiger partial charge in [-0.15, -0.1) is 0 Å². The third-order valence-corrected chi connectivity index (χ3v) is 5.24. The smallest absolute Gasteiger partial charge is 0.408 e.